The van der Waals surface area contributed by atoms with Gasteiger partial charge in [-0.15, -0.1) is 0 Å². The number of nitrogens with zero attached hydrogens (tertiary/aromatic N) is 5. The molecule has 218 valence electrons. The van der Waals surface area contributed by atoms with Crippen molar-refractivity contribution in [3.05, 3.63) is 82.9 Å². The van der Waals surface area contributed by atoms with E-state index in [9.17, 15) is 9.36 Å². The molecule has 2 fully saturated rings. The second kappa shape index (κ2) is 10.3. The molecule has 4 aromatic rings. The molecule has 3 aliphatic rings. The maximum absolute atomic E-state index is 15.6. The van der Waals surface area contributed by atoms with Crippen LogP contribution in [-0.2, 0) is 11.0 Å². The summed E-state index contributed by atoms with van der Waals surface area (Å²) in [6, 6.07) is 17.3. The first kappa shape index (κ1) is 27.3. The zero-order valence-electron chi connectivity index (χ0n) is 24.3. The van der Waals surface area contributed by atoms with Crippen molar-refractivity contribution in [3.8, 4) is 11.3 Å². The fourth-order valence-electron chi connectivity index (χ4n) is 6.55. The minimum atomic E-state index is -2.34. The average Bonchev–Trinajstić information content (AvgIpc) is 3.55. The lowest BCUT2D eigenvalue weighted by atomic mass is 9.93. The van der Waals surface area contributed by atoms with E-state index < -0.39 is 7.29 Å². The number of aromatic nitrogens is 3. The van der Waals surface area contributed by atoms with Crippen LogP contribution in [0.25, 0.3) is 16.9 Å². The zero-order valence-corrected chi connectivity index (χ0v) is 25.2. The summed E-state index contributed by atoms with van der Waals surface area (Å²) in [5, 5.41) is 7.99. The fraction of sp³-hybridized carbons (Fsp3) is 0.406. The van der Waals surface area contributed by atoms with Crippen molar-refractivity contribution in [2.45, 2.75) is 50.6 Å². The van der Waals surface area contributed by atoms with E-state index in [-0.39, 0.29) is 23.8 Å². The topological polar surface area (TPSA) is 82.8 Å². The van der Waals surface area contributed by atoms with Crippen molar-refractivity contribution in [3.63, 3.8) is 0 Å². The summed E-state index contributed by atoms with van der Waals surface area (Å²) in [7, 11) is -2.34. The van der Waals surface area contributed by atoms with Gasteiger partial charge in [0.05, 0.1) is 11.7 Å². The second-order valence-corrected chi connectivity index (χ2v) is 15.3. The van der Waals surface area contributed by atoms with E-state index in [0.717, 1.165) is 43.6 Å². The molecule has 2 aliphatic heterocycles. The molecule has 0 unspecified atom stereocenters. The van der Waals surface area contributed by atoms with Gasteiger partial charge in [0.15, 0.2) is 5.65 Å². The van der Waals surface area contributed by atoms with Crippen molar-refractivity contribution in [1.82, 2.24) is 24.6 Å². The largest absolute Gasteiger partial charge is 0.370 e. The molecule has 0 spiro atoms. The number of nitrogens with one attached hydrogen (secondary N) is 1. The monoisotopic (exact) mass is 586 g/mol. The zero-order chi connectivity index (χ0) is 29.2. The Morgan fingerprint density at radius 1 is 1.05 bits per heavy atom. The summed E-state index contributed by atoms with van der Waals surface area (Å²) in [4.78, 5) is 22.6. The van der Waals surface area contributed by atoms with Crippen LogP contribution in [0.1, 0.15) is 65.5 Å². The van der Waals surface area contributed by atoms with Crippen LogP contribution in [-0.4, -0.2) is 64.4 Å². The Morgan fingerprint density at radius 2 is 1.86 bits per heavy atom. The number of benzene rings is 2. The Hall–Kier alpha value is -3.55. The number of carbonyl (C=O) groups is 1. The molecule has 1 amide bonds. The SMILES string of the molecule is C[C@@H]1c2ccccc2CCN1C(=O)c1cc(C2CC2)n2nc(-c3ccc(N4CC[C@H](NP(C)(C)=O)C4)cc3F)cc2n1. The smallest absolute Gasteiger partial charge is 0.273 e. The van der Waals surface area contributed by atoms with E-state index in [1.165, 1.54) is 11.1 Å². The molecular formula is C32H36FN6O2P. The third-order valence-electron chi connectivity index (χ3n) is 8.80. The van der Waals surface area contributed by atoms with Gasteiger partial charge in [-0.3, -0.25) is 9.88 Å². The molecule has 0 bridgehead atoms. The number of hydrogen-bond acceptors (Lipinski definition) is 5. The lowest BCUT2D eigenvalue weighted by molar-refractivity contribution is 0.0671. The maximum atomic E-state index is 15.6. The van der Waals surface area contributed by atoms with Crippen molar-refractivity contribution < 1.29 is 13.8 Å². The molecular weight excluding hydrogens is 550 g/mol. The maximum Gasteiger partial charge on any atom is 0.273 e. The van der Waals surface area contributed by atoms with Gasteiger partial charge in [0.2, 0.25) is 0 Å². The van der Waals surface area contributed by atoms with Crippen LogP contribution in [0, 0.1) is 5.82 Å². The van der Waals surface area contributed by atoms with Gasteiger partial charge in [-0.1, -0.05) is 24.3 Å². The Kier molecular flexibility index (Phi) is 6.70. The predicted molar refractivity (Wildman–Crippen MR) is 163 cm³/mol. The Morgan fingerprint density at radius 3 is 2.62 bits per heavy atom. The number of carbonyl (C=O) groups excluding carboxylic acids is 1. The predicted octanol–water partition coefficient (Wildman–Crippen LogP) is 5.88. The first-order valence-corrected chi connectivity index (χ1v) is 17.4. The summed E-state index contributed by atoms with van der Waals surface area (Å²) in [5.74, 6) is -0.116. The van der Waals surface area contributed by atoms with E-state index in [1.54, 1.807) is 36.0 Å². The van der Waals surface area contributed by atoms with Gasteiger partial charge in [0, 0.05) is 67.9 Å². The number of amides is 1. The first-order chi connectivity index (χ1) is 20.1. The highest BCUT2D eigenvalue weighted by molar-refractivity contribution is 7.60. The minimum absolute atomic E-state index is 0.0342. The molecule has 1 saturated carbocycles. The third kappa shape index (κ3) is 5.13. The quantitative estimate of drug-likeness (QED) is 0.284. The standard InChI is InChI=1S/C32H36FN6O2P/c1-20-25-7-5-4-6-21(25)12-15-38(20)32(40)29-17-30(22-8-9-22)39-31(34-29)18-28(35-39)26-11-10-24(16-27(26)33)37-14-13-23(19-37)36-42(2,3)41/h4-7,10-11,16-18,20,22-23H,8-9,12-15,19H2,1-3H3,(H,36,41)/t20-,23+/m1/s1. The molecule has 8 nitrogen and oxygen atoms in total. The van der Waals surface area contributed by atoms with E-state index in [4.69, 9.17) is 10.1 Å². The summed E-state index contributed by atoms with van der Waals surface area (Å²) in [6.45, 7) is 7.64. The summed E-state index contributed by atoms with van der Waals surface area (Å²) in [5.41, 5.74) is 6.10. The molecule has 0 radical (unpaired) electrons. The van der Waals surface area contributed by atoms with E-state index in [1.807, 2.05) is 29.2 Å². The number of rotatable bonds is 6. The molecule has 4 heterocycles. The fourth-order valence-corrected chi connectivity index (χ4v) is 7.64. The van der Waals surface area contributed by atoms with Gasteiger partial charge >= 0.3 is 0 Å². The van der Waals surface area contributed by atoms with Crippen LogP contribution in [0.5, 0.6) is 0 Å². The Bertz CT molecular complexity index is 1740. The number of fused-ring (bicyclic) bond motifs is 2. The molecule has 2 atom stereocenters. The molecule has 1 saturated heterocycles. The summed E-state index contributed by atoms with van der Waals surface area (Å²) >= 11 is 0. The Balaban J connectivity index is 1.17. The Labute approximate surface area is 245 Å². The molecule has 2 aromatic heterocycles. The molecule has 7 rings (SSSR count). The minimum Gasteiger partial charge on any atom is -0.370 e. The molecule has 42 heavy (non-hydrogen) atoms. The van der Waals surface area contributed by atoms with Crippen LogP contribution < -0.4 is 9.99 Å². The highest BCUT2D eigenvalue weighted by atomic mass is 31.2. The van der Waals surface area contributed by atoms with Gasteiger partial charge in [0.25, 0.3) is 5.91 Å². The van der Waals surface area contributed by atoms with Crippen LogP contribution >= 0.6 is 7.29 Å². The van der Waals surface area contributed by atoms with Crippen LogP contribution in [0.15, 0.2) is 54.6 Å². The second-order valence-electron chi connectivity index (χ2n) is 12.3. The lowest BCUT2D eigenvalue weighted by Crippen LogP contribution is -2.39. The van der Waals surface area contributed by atoms with E-state index >= 15 is 4.39 Å². The number of anilines is 1. The van der Waals surface area contributed by atoms with Crippen molar-refractivity contribution in [1.29, 1.82) is 0 Å². The van der Waals surface area contributed by atoms with Gasteiger partial charge in [-0.2, -0.15) is 5.10 Å². The molecule has 2 aromatic carbocycles. The van der Waals surface area contributed by atoms with E-state index in [0.29, 0.717) is 41.6 Å². The third-order valence-corrected chi connectivity index (χ3v) is 9.79. The molecule has 10 heteroatoms. The highest BCUT2D eigenvalue weighted by Gasteiger charge is 2.33. The summed E-state index contributed by atoms with van der Waals surface area (Å²) in [6.07, 6.45) is 3.76. The average molecular weight is 587 g/mol. The highest BCUT2D eigenvalue weighted by Crippen LogP contribution is 2.41. The van der Waals surface area contributed by atoms with Crippen LogP contribution in [0.4, 0.5) is 10.1 Å². The van der Waals surface area contributed by atoms with Crippen molar-refractivity contribution in [2.75, 3.05) is 37.9 Å². The lowest BCUT2D eigenvalue weighted by Gasteiger charge is -2.35. The van der Waals surface area contributed by atoms with Crippen LogP contribution in [0.3, 0.4) is 0 Å². The summed E-state index contributed by atoms with van der Waals surface area (Å²) < 4.78 is 29.5. The van der Waals surface area contributed by atoms with Gasteiger partial charge < -0.3 is 14.4 Å². The molecule has 1 N–H and O–H groups in total. The van der Waals surface area contributed by atoms with E-state index in [2.05, 4.69) is 29.0 Å². The normalized spacial score (nSPS) is 20.8. The van der Waals surface area contributed by atoms with Crippen LogP contribution in [0.2, 0.25) is 0 Å². The first-order valence-electron chi connectivity index (χ1n) is 14.8. The van der Waals surface area contributed by atoms with Gasteiger partial charge in [0.1, 0.15) is 18.8 Å². The van der Waals surface area contributed by atoms with Gasteiger partial charge in [-0.25, -0.2) is 13.9 Å². The van der Waals surface area contributed by atoms with Crippen molar-refractivity contribution >= 4 is 24.5 Å². The number of halogens is 1. The molecule has 1 aliphatic carbocycles. The van der Waals surface area contributed by atoms with Gasteiger partial charge in [-0.05, 0) is 68.0 Å². The van der Waals surface area contributed by atoms with Crippen molar-refractivity contribution in [2.24, 2.45) is 0 Å². The number of hydrogen-bond donors (Lipinski definition) is 1.